The summed E-state index contributed by atoms with van der Waals surface area (Å²) in [4.78, 5) is 23.0. The number of carbonyl (C=O) groups excluding carboxylic acids is 2. The van der Waals surface area contributed by atoms with E-state index in [4.69, 9.17) is 5.73 Å². The van der Waals surface area contributed by atoms with Crippen LogP contribution in [-0.2, 0) is 29.0 Å². The van der Waals surface area contributed by atoms with Crippen molar-refractivity contribution in [2.24, 2.45) is 5.73 Å². The van der Waals surface area contributed by atoms with Gasteiger partial charge >= 0.3 is 11.9 Å². The largest absolute Gasteiger partial charge is 0.388 e. The summed E-state index contributed by atoms with van der Waals surface area (Å²) in [5, 5.41) is 0. The number of rotatable bonds is 5. The Morgan fingerprint density at radius 2 is 1.94 bits per heavy atom. The van der Waals surface area contributed by atoms with Crippen LogP contribution >= 0.6 is 11.8 Å². The molecule has 0 bridgehead atoms. The third-order valence-electron chi connectivity index (χ3n) is 2.14. The quantitative estimate of drug-likeness (QED) is 0.505. The maximum atomic E-state index is 11.5. The van der Waals surface area contributed by atoms with Crippen molar-refractivity contribution < 1.29 is 33.8 Å². The molecule has 0 aliphatic heterocycles. The predicted octanol–water partition coefficient (Wildman–Crippen LogP) is 1.45. The molecule has 94 valence electrons. The number of thioether (sulfide) groups is 1. The fraction of sp³-hybridized carbons (Fsp3) is 0.333. The van der Waals surface area contributed by atoms with Crippen LogP contribution in [0.1, 0.15) is 16.8 Å². The molecule has 0 saturated heterocycles. The van der Waals surface area contributed by atoms with E-state index < -0.39 is 18.0 Å². The fourth-order valence-corrected chi connectivity index (χ4v) is 1.65. The zero-order chi connectivity index (χ0) is 12.7. The first kappa shape index (κ1) is 17.3. The molecule has 4 nitrogen and oxygen atoms in total. The maximum absolute atomic E-state index is 11.5. The van der Waals surface area contributed by atoms with Gasteiger partial charge in [-0.15, -0.1) is 0 Å². The number of hydrogen-bond donors (Lipinski definition) is 1. The van der Waals surface area contributed by atoms with Crippen molar-refractivity contribution in [3.8, 4) is 0 Å². The average Bonchev–Trinajstić information content (AvgIpc) is 2.36. The molecule has 0 radical (unpaired) electrons. The van der Waals surface area contributed by atoms with Gasteiger partial charge in [0, 0.05) is 19.5 Å². The van der Waals surface area contributed by atoms with Crippen LogP contribution in [0.4, 0.5) is 0 Å². The zero-order valence-electron chi connectivity index (χ0n) is 10.3. The molecule has 0 fully saturated rings. The van der Waals surface area contributed by atoms with Crippen LogP contribution in [0.25, 0.3) is 0 Å². The van der Waals surface area contributed by atoms with Crippen molar-refractivity contribution >= 4 is 23.7 Å². The summed E-state index contributed by atoms with van der Waals surface area (Å²) in [6, 6.07) is 7.62. The molecule has 0 heterocycles. The van der Waals surface area contributed by atoms with Gasteiger partial charge in [-0.25, -0.2) is 9.59 Å². The minimum atomic E-state index is -0.741. The average molecular weight is 319 g/mol. The standard InChI is InChI=1S/C12H15NO3S.Zn/c1-17-8-7-10(13)12(15)16-11(14)9-5-3-2-4-6-9;/h2-6,10H,7-8,13H2,1H3;/t10-;/m0./s1. The molecule has 1 aromatic carbocycles. The molecular formula is C12H15NO3SZn. The van der Waals surface area contributed by atoms with Gasteiger partial charge in [-0.3, -0.25) is 0 Å². The predicted molar refractivity (Wildman–Crippen MR) is 67.8 cm³/mol. The van der Waals surface area contributed by atoms with Crippen molar-refractivity contribution in [3.63, 3.8) is 0 Å². The molecule has 1 rings (SSSR count). The second-order valence-corrected chi connectivity index (χ2v) is 4.45. The summed E-state index contributed by atoms with van der Waals surface area (Å²) in [7, 11) is 0. The molecule has 1 atom stereocenters. The van der Waals surface area contributed by atoms with Crippen LogP contribution in [0.3, 0.4) is 0 Å². The van der Waals surface area contributed by atoms with E-state index in [1.807, 2.05) is 6.26 Å². The number of benzene rings is 1. The Bertz CT molecular complexity index is 386. The summed E-state index contributed by atoms with van der Waals surface area (Å²) in [6.07, 6.45) is 2.43. The van der Waals surface area contributed by atoms with Gasteiger partial charge in [0.25, 0.3) is 0 Å². The number of ether oxygens (including phenoxy) is 1. The van der Waals surface area contributed by atoms with Crippen LogP contribution in [0.15, 0.2) is 30.3 Å². The van der Waals surface area contributed by atoms with Crippen molar-refractivity contribution in [1.29, 1.82) is 0 Å². The summed E-state index contributed by atoms with van der Waals surface area (Å²) in [6.45, 7) is 0. The van der Waals surface area contributed by atoms with E-state index in [1.54, 1.807) is 42.1 Å². The van der Waals surface area contributed by atoms with Gasteiger partial charge in [0.1, 0.15) is 6.04 Å². The fourth-order valence-electron chi connectivity index (χ4n) is 1.16. The van der Waals surface area contributed by atoms with E-state index in [-0.39, 0.29) is 19.5 Å². The number of nitrogens with two attached hydrogens (primary N) is 1. The van der Waals surface area contributed by atoms with E-state index in [2.05, 4.69) is 4.74 Å². The molecule has 2 N–H and O–H groups in total. The summed E-state index contributed by atoms with van der Waals surface area (Å²) in [5.41, 5.74) is 5.93. The Labute approximate surface area is 123 Å². The Balaban J connectivity index is 0.00000289. The maximum Gasteiger partial charge on any atom is 0.345 e. The van der Waals surface area contributed by atoms with E-state index in [0.717, 1.165) is 5.75 Å². The normalized spacial score (nSPS) is 11.2. The Morgan fingerprint density at radius 3 is 2.50 bits per heavy atom. The minimum Gasteiger partial charge on any atom is -0.388 e. The van der Waals surface area contributed by atoms with Gasteiger partial charge in [-0.2, -0.15) is 11.8 Å². The molecule has 0 spiro atoms. The van der Waals surface area contributed by atoms with Crippen molar-refractivity contribution in [3.05, 3.63) is 35.9 Å². The van der Waals surface area contributed by atoms with E-state index in [1.165, 1.54) is 0 Å². The van der Waals surface area contributed by atoms with Crippen LogP contribution in [0, 0.1) is 0 Å². The van der Waals surface area contributed by atoms with Gasteiger partial charge in [0.15, 0.2) is 0 Å². The Morgan fingerprint density at radius 1 is 1.33 bits per heavy atom. The summed E-state index contributed by atoms with van der Waals surface area (Å²) < 4.78 is 4.68. The van der Waals surface area contributed by atoms with Gasteiger partial charge in [0.05, 0.1) is 5.56 Å². The number of hydrogen-bond acceptors (Lipinski definition) is 5. The molecule has 0 amide bonds. The third kappa shape index (κ3) is 5.76. The summed E-state index contributed by atoms with van der Waals surface area (Å²) >= 11 is 1.59. The van der Waals surface area contributed by atoms with Gasteiger partial charge in [-0.1, -0.05) is 18.2 Å². The topological polar surface area (TPSA) is 69.4 Å². The molecule has 1 aromatic rings. The molecule has 0 aliphatic carbocycles. The zero-order valence-corrected chi connectivity index (χ0v) is 14.1. The third-order valence-corrected chi connectivity index (χ3v) is 2.78. The second-order valence-electron chi connectivity index (χ2n) is 3.46. The van der Waals surface area contributed by atoms with Gasteiger partial charge < -0.3 is 10.5 Å². The number of carbonyl (C=O) groups is 2. The first-order valence-corrected chi connectivity index (χ1v) is 6.60. The molecule has 18 heavy (non-hydrogen) atoms. The van der Waals surface area contributed by atoms with Gasteiger partial charge in [0.2, 0.25) is 0 Å². The van der Waals surface area contributed by atoms with Crippen molar-refractivity contribution in [2.75, 3.05) is 12.0 Å². The molecule has 0 saturated carbocycles. The Kier molecular flexibility index (Phi) is 8.89. The molecular weight excluding hydrogens is 304 g/mol. The van der Waals surface area contributed by atoms with Crippen LogP contribution in [0.5, 0.6) is 0 Å². The monoisotopic (exact) mass is 317 g/mol. The summed E-state index contributed by atoms with van der Waals surface area (Å²) in [5.74, 6) is -0.571. The Hall–Kier alpha value is -0.707. The SMILES string of the molecule is CSCC[C@H](N)C(=O)OC(=O)c1ccccc1.[Zn]. The van der Waals surface area contributed by atoms with Crippen molar-refractivity contribution in [1.82, 2.24) is 0 Å². The van der Waals surface area contributed by atoms with Crippen molar-refractivity contribution in [2.45, 2.75) is 12.5 Å². The smallest absolute Gasteiger partial charge is 0.345 e. The van der Waals surface area contributed by atoms with E-state index in [9.17, 15) is 9.59 Å². The van der Waals surface area contributed by atoms with E-state index >= 15 is 0 Å². The van der Waals surface area contributed by atoms with Crippen LogP contribution in [-0.4, -0.2) is 30.0 Å². The first-order chi connectivity index (χ1) is 8.15. The molecule has 0 unspecified atom stereocenters. The second kappa shape index (κ2) is 9.25. The molecule has 6 heteroatoms. The molecule has 0 aromatic heterocycles. The molecule has 0 aliphatic rings. The minimum absolute atomic E-state index is 0. The van der Waals surface area contributed by atoms with Crippen LogP contribution < -0.4 is 5.73 Å². The first-order valence-electron chi connectivity index (χ1n) is 5.20. The number of esters is 2. The van der Waals surface area contributed by atoms with E-state index in [0.29, 0.717) is 12.0 Å². The van der Waals surface area contributed by atoms with Gasteiger partial charge in [-0.05, 0) is 30.6 Å². The van der Waals surface area contributed by atoms with Crippen LogP contribution in [0.2, 0.25) is 0 Å².